The molecule has 1 unspecified atom stereocenters. The van der Waals surface area contributed by atoms with Gasteiger partial charge in [-0.05, 0) is 31.9 Å². The second-order valence-corrected chi connectivity index (χ2v) is 5.92. The van der Waals surface area contributed by atoms with E-state index in [9.17, 15) is 4.79 Å². The highest BCUT2D eigenvalue weighted by molar-refractivity contribution is 5.98. The number of aryl methyl sites for hydroxylation is 1. The van der Waals surface area contributed by atoms with Crippen LogP contribution in [0.2, 0.25) is 0 Å². The summed E-state index contributed by atoms with van der Waals surface area (Å²) < 4.78 is 2.15. The number of hydrogen-bond donors (Lipinski definition) is 0. The lowest BCUT2D eigenvalue weighted by atomic mass is 9.98. The number of hydrogen-bond acceptors (Lipinski definition) is 1. The summed E-state index contributed by atoms with van der Waals surface area (Å²) in [4.78, 5) is 14.5. The van der Waals surface area contributed by atoms with Gasteiger partial charge in [-0.1, -0.05) is 25.1 Å². The van der Waals surface area contributed by atoms with Gasteiger partial charge in [-0.25, -0.2) is 0 Å². The molecule has 3 heteroatoms. The first-order valence-corrected chi connectivity index (χ1v) is 7.58. The van der Waals surface area contributed by atoms with Crippen molar-refractivity contribution in [2.45, 2.75) is 33.2 Å². The standard InChI is InChI=1S/C18H22N2O/c1-5-10-20-17(12(2)13(3)18(20)21)15-11-19(4)16-9-7-6-8-14(15)16/h6-9,11,17H,5,10H2,1-4H3. The molecule has 0 saturated heterocycles. The second-order valence-electron chi connectivity index (χ2n) is 5.92. The molecule has 0 bridgehead atoms. The maximum Gasteiger partial charge on any atom is 0.250 e. The molecule has 3 rings (SSSR count). The van der Waals surface area contributed by atoms with E-state index >= 15 is 0 Å². The first kappa shape index (κ1) is 13.9. The number of carbonyl (C=O) groups excluding carboxylic acids is 1. The molecule has 0 saturated carbocycles. The van der Waals surface area contributed by atoms with E-state index in [1.54, 1.807) is 0 Å². The third kappa shape index (κ3) is 1.99. The molecule has 1 aliphatic heterocycles. The minimum Gasteiger partial charge on any atom is -0.350 e. The summed E-state index contributed by atoms with van der Waals surface area (Å²) in [6.45, 7) is 6.97. The van der Waals surface area contributed by atoms with Gasteiger partial charge in [-0.2, -0.15) is 0 Å². The summed E-state index contributed by atoms with van der Waals surface area (Å²) >= 11 is 0. The van der Waals surface area contributed by atoms with Gasteiger partial charge in [0.2, 0.25) is 5.91 Å². The van der Waals surface area contributed by atoms with E-state index in [2.05, 4.69) is 55.9 Å². The van der Waals surface area contributed by atoms with Crippen LogP contribution >= 0.6 is 0 Å². The predicted octanol–water partition coefficient (Wildman–Crippen LogP) is 3.81. The van der Waals surface area contributed by atoms with Gasteiger partial charge in [0.05, 0.1) is 6.04 Å². The number of rotatable bonds is 3. The van der Waals surface area contributed by atoms with E-state index in [4.69, 9.17) is 0 Å². The van der Waals surface area contributed by atoms with Crippen LogP contribution in [0, 0.1) is 0 Å². The Balaban J connectivity index is 2.18. The number of aromatic nitrogens is 1. The Bertz CT molecular complexity index is 739. The van der Waals surface area contributed by atoms with Crippen molar-refractivity contribution < 1.29 is 4.79 Å². The minimum atomic E-state index is 0.0866. The Morgan fingerprint density at radius 2 is 1.90 bits per heavy atom. The van der Waals surface area contributed by atoms with Gasteiger partial charge in [-0.15, -0.1) is 0 Å². The van der Waals surface area contributed by atoms with Crippen molar-refractivity contribution in [3.8, 4) is 0 Å². The lowest BCUT2D eigenvalue weighted by molar-refractivity contribution is -0.127. The Morgan fingerprint density at radius 1 is 1.19 bits per heavy atom. The summed E-state index contributed by atoms with van der Waals surface area (Å²) in [6, 6.07) is 8.50. The van der Waals surface area contributed by atoms with Crippen LogP contribution in [0.1, 0.15) is 38.8 Å². The van der Waals surface area contributed by atoms with Crippen molar-refractivity contribution in [2.24, 2.45) is 7.05 Å². The summed E-state index contributed by atoms with van der Waals surface area (Å²) in [6.07, 6.45) is 3.15. The molecule has 1 amide bonds. The Morgan fingerprint density at radius 3 is 2.62 bits per heavy atom. The molecule has 0 N–H and O–H groups in total. The van der Waals surface area contributed by atoms with E-state index in [-0.39, 0.29) is 11.9 Å². The highest BCUT2D eigenvalue weighted by Crippen LogP contribution is 2.40. The van der Waals surface area contributed by atoms with Crippen molar-refractivity contribution in [1.82, 2.24) is 9.47 Å². The van der Waals surface area contributed by atoms with Crippen LogP contribution in [-0.4, -0.2) is 21.9 Å². The van der Waals surface area contributed by atoms with Gasteiger partial charge < -0.3 is 9.47 Å². The van der Waals surface area contributed by atoms with Gasteiger partial charge >= 0.3 is 0 Å². The number of nitrogens with zero attached hydrogens (tertiary/aromatic N) is 2. The van der Waals surface area contributed by atoms with Gasteiger partial charge in [0, 0.05) is 41.8 Å². The predicted molar refractivity (Wildman–Crippen MR) is 86.0 cm³/mol. The fourth-order valence-corrected chi connectivity index (χ4v) is 3.40. The highest BCUT2D eigenvalue weighted by atomic mass is 16.2. The molecule has 110 valence electrons. The van der Waals surface area contributed by atoms with Crippen molar-refractivity contribution >= 4 is 16.8 Å². The van der Waals surface area contributed by atoms with Crippen LogP contribution in [-0.2, 0) is 11.8 Å². The topological polar surface area (TPSA) is 25.2 Å². The Kier molecular flexibility index (Phi) is 3.36. The zero-order valence-electron chi connectivity index (χ0n) is 13.2. The molecule has 2 aromatic rings. The Labute approximate surface area is 125 Å². The van der Waals surface area contributed by atoms with Gasteiger partial charge in [0.1, 0.15) is 0 Å². The van der Waals surface area contributed by atoms with Gasteiger partial charge in [0.25, 0.3) is 0 Å². The average Bonchev–Trinajstić information content (AvgIpc) is 2.91. The maximum atomic E-state index is 12.5. The van der Waals surface area contributed by atoms with E-state index in [0.29, 0.717) is 0 Å². The number of amides is 1. The van der Waals surface area contributed by atoms with Gasteiger partial charge in [0.15, 0.2) is 0 Å². The van der Waals surface area contributed by atoms with Crippen LogP contribution < -0.4 is 0 Å². The van der Waals surface area contributed by atoms with Crippen LogP contribution in [0.15, 0.2) is 41.6 Å². The SMILES string of the molecule is CCCN1C(=O)C(C)=C(C)C1c1cn(C)c2ccccc12. The third-order valence-corrected chi connectivity index (χ3v) is 4.58. The molecule has 0 aliphatic carbocycles. The van der Waals surface area contributed by atoms with Crippen LogP contribution in [0.25, 0.3) is 10.9 Å². The van der Waals surface area contributed by atoms with E-state index in [1.807, 2.05) is 11.8 Å². The summed E-state index contributed by atoms with van der Waals surface area (Å²) in [7, 11) is 2.07. The summed E-state index contributed by atoms with van der Waals surface area (Å²) in [5.41, 5.74) is 4.55. The molecule has 1 aliphatic rings. The van der Waals surface area contributed by atoms with Crippen molar-refractivity contribution in [3.05, 3.63) is 47.2 Å². The monoisotopic (exact) mass is 282 g/mol. The molecular weight excluding hydrogens is 260 g/mol. The largest absolute Gasteiger partial charge is 0.350 e. The third-order valence-electron chi connectivity index (χ3n) is 4.58. The number of fused-ring (bicyclic) bond motifs is 1. The molecule has 21 heavy (non-hydrogen) atoms. The van der Waals surface area contributed by atoms with E-state index < -0.39 is 0 Å². The zero-order valence-corrected chi connectivity index (χ0v) is 13.2. The minimum absolute atomic E-state index is 0.0866. The van der Waals surface area contributed by atoms with Gasteiger partial charge in [-0.3, -0.25) is 4.79 Å². The fourth-order valence-electron chi connectivity index (χ4n) is 3.40. The molecular formula is C18H22N2O. The van der Waals surface area contributed by atoms with Crippen LogP contribution in [0.3, 0.4) is 0 Å². The number of carbonyl (C=O) groups is 1. The molecule has 0 spiro atoms. The molecule has 1 atom stereocenters. The summed E-state index contributed by atoms with van der Waals surface area (Å²) in [5.74, 6) is 0.187. The molecule has 1 aromatic carbocycles. The lowest BCUT2D eigenvalue weighted by Gasteiger charge is -2.26. The first-order chi connectivity index (χ1) is 10.1. The summed E-state index contributed by atoms with van der Waals surface area (Å²) in [5, 5.41) is 1.24. The highest BCUT2D eigenvalue weighted by Gasteiger charge is 2.36. The normalized spacial score (nSPS) is 19.1. The molecule has 2 heterocycles. The average molecular weight is 282 g/mol. The first-order valence-electron chi connectivity index (χ1n) is 7.58. The maximum absolute atomic E-state index is 12.5. The second kappa shape index (κ2) is 5.06. The molecule has 1 aromatic heterocycles. The van der Waals surface area contributed by atoms with E-state index in [0.717, 1.165) is 18.5 Å². The molecule has 0 radical (unpaired) electrons. The van der Waals surface area contributed by atoms with E-state index in [1.165, 1.54) is 22.0 Å². The fraction of sp³-hybridized carbons (Fsp3) is 0.389. The number of benzene rings is 1. The van der Waals surface area contributed by atoms with Crippen molar-refractivity contribution in [2.75, 3.05) is 6.54 Å². The molecule has 3 nitrogen and oxygen atoms in total. The quantitative estimate of drug-likeness (QED) is 0.840. The zero-order chi connectivity index (χ0) is 15.1. The van der Waals surface area contributed by atoms with Crippen molar-refractivity contribution in [1.29, 1.82) is 0 Å². The molecule has 0 fully saturated rings. The van der Waals surface area contributed by atoms with Crippen LogP contribution in [0.5, 0.6) is 0 Å². The smallest absolute Gasteiger partial charge is 0.250 e. The van der Waals surface area contributed by atoms with Crippen LogP contribution in [0.4, 0.5) is 0 Å². The Hall–Kier alpha value is -2.03. The lowest BCUT2D eigenvalue weighted by Crippen LogP contribution is -2.30. The van der Waals surface area contributed by atoms with Crippen molar-refractivity contribution in [3.63, 3.8) is 0 Å². The number of para-hydroxylation sites is 1.